The minimum absolute atomic E-state index is 0.101. The van der Waals surface area contributed by atoms with E-state index in [-0.39, 0.29) is 24.8 Å². The molecule has 0 radical (unpaired) electrons. The number of amides is 1. The van der Waals surface area contributed by atoms with Crippen molar-refractivity contribution in [3.8, 4) is 0 Å². The highest BCUT2D eigenvalue weighted by Gasteiger charge is 2.26. The van der Waals surface area contributed by atoms with Gasteiger partial charge in [-0.3, -0.25) is 9.48 Å². The lowest BCUT2D eigenvalue weighted by molar-refractivity contribution is -0.132. The Kier molecular flexibility index (Phi) is 10.5. The number of benzene rings is 1. The molecule has 0 fully saturated rings. The van der Waals surface area contributed by atoms with Crippen molar-refractivity contribution in [1.82, 2.24) is 23.9 Å². The summed E-state index contributed by atoms with van der Waals surface area (Å²) < 4.78 is 39.6. The number of carbonyl (C=O) groups excluding carboxylic acids is 1. The minimum Gasteiger partial charge on any atom is -0.396 e. The van der Waals surface area contributed by atoms with Crippen LogP contribution in [0.25, 0.3) is 0 Å². The Morgan fingerprint density at radius 3 is 2.39 bits per heavy atom. The Hall–Kier alpha value is -2.79. The predicted octanol–water partition coefficient (Wildman–Crippen LogP) is 4.29. The number of hydrogen-bond acceptors (Lipinski definition) is 5. The minimum atomic E-state index is -2.45. The van der Waals surface area contributed by atoms with Crippen molar-refractivity contribution < 1.29 is 23.1 Å². The summed E-state index contributed by atoms with van der Waals surface area (Å²) in [6.07, 6.45) is 1.07. The first kappa shape index (κ1) is 26.5. The number of halogens is 3. The van der Waals surface area contributed by atoms with Gasteiger partial charge >= 0.3 is 0 Å². The first-order valence-corrected chi connectivity index (χ1v) is 11.3. The maximum absolute atomic E-state index is 12.4. The van der Waals surface area contributed by atoms with Crippen LogP contribution in [0.1, 0.15) is 37.1 Å². The number of nitrogens with zero attached hydrogens (tertiary/aromatic N) is 5. The number of aromatic nitrogens is 4. The number of fused-ring (bicyclic) bond motifs is 1. The van der Waals surface area contributed by atoms with Crippen molar-refractivity contribution in [1.29, 1.82) is 0 Å². The van der Waals surface area contributed by atoms with Gasteiger partial charge in [0.2, 0.25) is 5.91 Å². The van der Waals surface area contributed by atoms with Crippen LogP contribution < -0.4 is 0 Å². The standard InChI is InChI=1S/C14H17F2N5O2S.C6H5F.C2H6/c1-9-4-20(8-12(15)16)18-14(9)24-21-6-10-5-19(7-11(10)17-21)13(23)2-3-22;7-6-4-2-1-3-5-6;1-2/h4,6,12,22H,2-3,5,7-8H2,1H3;1-5H;1-2H3. The van der Waals surface area contributed by atoms with E-state index in [0.29, 0.717) is 18.1 Å². The van der Waals surface area contributed by atoms with Crippen LogP contribution in [0.15, 0.2) is 47.8 Å². The van der Waals surface area contributed by atoms with E-state index in [9.17, 15) is 18.0 Å². The monoisotopic (exact) mass is 483 g/mol. The van der Waals surface area contributed by atoms with Crippen molar-refractivity contribution in [3.05, 3.63) is 65.4 Å². The van der Waals surface area contributed by atoms with E-state index in [0.717, 1.165) is 16.8 Å². The van der Waals surface area contributed by atoms with Crippen LogP contribution in [0.3, 0.4) is 0 Å². The van der Waals surface area contributed by atoms with E-state index in [2.05, 4.69) is 10.2 Å². The van der Waals surface area contributed by atoms with Gasteiger partial charge in [-0.15, -0.1) is 0 Å². The van der Waals surface area contributed by atoms with Gasteiger partial charge in [-0.25, -0.2) is 17.3 Å². The van der Waals surface area contributed by atoms with Crippen molar-refractivity contribution >= 4 is 17.9 Å². The molecule has 0 atom stereocenters. The van der Waals surface area contributed by atoms with Crippen molar-refractivity contribution in [2.45, 2.75) is 58.3 Å². The molecule has 0 saturated heterocycles. The summed E-state index contributed by atoms with van der Waals surface area (Å²) in [5.41, 5.74) is 2.55. The van der Waals surface area contributed by atoms with E-state index in [4.69, 9.17) is 5.11 Å². The predicted molar refractivity (Wildman–Crippen MR) is 120 cm³/mol. The zero-order valence-corrected chi connectivity index (χ0v) is 19.6. The second kappa shape index (κ2) is 13.0. The average molecular weight is 484 g/mol. The fourth-order valence-electron chi connectivity index (χ4n) is 2.94. The van der Waals surface area contributed by atoms with Crippen molar-refractivity contribution in [2.75, 3.05) is 6.61 Å². The molecule has 180 valence electrons. The van der Waals surface area contributed by atoms with E-state index >= 15 is 0 Å². The van der Waals surface area contributed by atoms with E-state index in [1.807, 2.05) is 27.0 Å². The van der Waals surface area contributed by atoms with Crippen LogP contribution in [0.5, 0.6) is 0 Å². The lowest BCUT2D eigenvalue weighted by atomic mass is 10.3. The Labute approximate surface area is 195 Å². The van der Waals surface area contributed by atoms with Crippen LogP contribution in [0, 0.1) is 12.7 Å². The Bertz CT molecular complexity index is 987. The molecule has 1 amide bonds. The lowest BCUT2D eigenvalue weighted by Gasteiger charge is -2.14. The highest BCUT2D eigenvalue weighted by molar-refractivity contribution is 7.97. The first-order chi connectivity index (χ1) is 15.9. The third-order valence-corrected chi connectivity index (χ3v) is 5.32. The summed E-state index contributed by atoms with van der Waals surface area (Å²) >= 11 is 1.25. The Balaban J connectivity index is 0.000000362. The Morgan fingerprint density at radius 1 is 1.15 bits per heavy atom. The zero-order chi connectivity index (χ0) is 24.4. The van der Waals surface area contributed by atoms with Gasteiger partial charge in [0.25, 0.3) is 6.43 Å². The topological polar surface area (TPSA) is 76.2 Å². The smallest absolute Gasteiger partial charge is 0.257 e. The van der Waals surface area contributed by atoms with E-state index in [1.165, 1.54) is 28.8 Å². The quantitative estimate of drug-likeness (QED) is 0.566. The molecule has 2 aromatic heterocycles. The largest absolute Gasteiger partial charge is 0.396 e. The molecule has 0 spiro atoms. The molecule has 11 heteroatoms. The van der Waals surface area contributed by atoms with Crippen molar-refractivity contribution in [2.24, 2.45) is 0 Å². The SMILES string of the molecule is CC.Cc1cn(CC(F)F)nc1Sn1cc2c(n1)CN(C(=O)CCO)C2.Fc1ccccc1. The number of hydrogen-bond donors (Lipinski definition) is 1. The number of alkyl halides is 2. The molecule has 0 unspecified atom stereocenters. The molecular formula is C22H28F3N5O2S. The molecule has 7 nitrogen and oxygen atoms in total. The number of aliphatic hydroxyl groups excluding tert-OH is 1. The molecule has 1 aliphatic rings. The van der Waals surface area contributed by atoms with Gasteiger partial charge in [-0.2, -0.15) is 10.2 Å². The molecule has 0 saturated carbocycles. The van der Waals surface area contributed by atoms with Gasteiger partial charge in [0, 0.05) is 48.4 Å². The summed E-state index contributed by atoms with van der Waals surface area (Å²) in [6, 6.07) is 7.94. The number of aryl methyl sites for hydroxylation is 1. The maximum Gasteiger partial charge on any atom is 0.257 e. The zero-order valence-electron chi connectivity index (χ0n) is 18.8. The first-order valence-electron chi connectivity index (χ1n) is 10.5. The average Bonchev–Trinajstić information content (AvgIpc) is 3.44. The molecule has 3 aromatic rings. The molecule has 1 N–H and O–H groups in total. The van der Waals surface area contributed by atoms with E-state index < -0.39 is 13.0 Å². The highest BCUT2D eigenvalue weighted by Crippen LogP contribution is 2.27. The number of aliphatic hydroxyl groups is 1. The lowest BCUT2D eigenvalue weighted by Crippen LogP contribution is -2.26. The maximum atomic E-state index is 12.4. The molecule has 33 heavy (non-hydrogen) atoms. The summed E-state index contributed by atoms with van der Waals surface area (Å²) in [5, 5.41) is 18.0. The molecule has 1 aromatic carbocycles. The fraction of sp³-hybridized carbons (Fsp3) is 0.409. The number of rotatable bonds is 6. The van der Waals surface area contributed by atoms with Crippen LogP contribution >= 0.6 is 11.9 Å². The van der Waals surface area contributed by atoms with E-state index in [1.54, 1.807) is 33.4 Å². The van der Waals surface area contributed by atoms with Crippen LogP contribution in [-0.2, 0) is 24.4 Å². The Morgan fingerprint density at radius 2 is 1.85 bits per heavy atom. The number of carbonyl (C=O) groups is 1. The molecular weight excluding hydrogens is 455 g/mol. The third-order valence-electron chi connectivity index (χ3n) is 4.37. The van der Waals surface area contributed by atoms with Crippen LogP contribution in [-0.4, -0.2) is 47.9 Å². The van der Waals surface area contributed by atoms with Gasteiger partial charge in [-0.05, 0) is 19.1 Å². The van der Waals surface area contributed by atoms with Crippen LogP contribution in [0.4, 0.5) is 13.2 Å². The molecule has 0 bridgehead atoms. The summed E-state index contributed by atoms with van der Waals surface area (Å²) in [6.45, 7) is 6.10. The van der Waals surface area contributed by atoms with Gasteiger partial charge in [0.1, 0.15) is 17.4 Å². The fourth-order valence-corrected chi connectivity index (χ4v) is 3.77. The normalized spacial score (nSPS) is 12.1. The van der Waals surface area contributed by atoms with Crippen LogP contribution in [0.2, 0.25) is 0 Å². The van der Waals surface area contributed by atoms with Gasteiger partial charge in [0.05, 0.1) is 18.8 Å². The molecule has 4 rings (SSSR count). The van der Waals surface area contributed by atoms with Gasteiger partial charge < -0.3 is 10.0 Å². The van der Waals surface area contributed by atoms with Gasteiger partial charge in [0.15, 0.2) is 0 Å². The summed E-state index contributed by atoms with van der Waals surface area (Å²) in [5.74, 6) is -0.279. The summed E-state index contributed by atoms with van der Waals surface area (Å²) in [7, 11) is 0. The third kappa shape index (κ3) is 7.93. The highest BCUT2D eigenvalue weighted by atomic mass is 32.2. The molecule has 3 heterocycles. The molecule has 0 aliphatic carbocycles. The molecule has 1 aliphatic heterocycles. The van der Waals surface area contributed by atoms with Crippen molar-refractivity contribution in [3.63, 3.8) is 0 Å². The summed E-state index contributed by atoms with van der Waals surface area (Å²) in [4.78, 5) is 13.4. The second-order valence-corrected chi connectivity index (χ2v) is 7.79. The van der Waals surface area contributed by atoms with Gasteiger partial charge in [-0.1, -0.05) is 32.0 Å². The second-order valence-electron chi connectivity index (χ2n) is 6.84.